The summed E-state index contributed by atoms with van der Waals surface area (Å²) < 4.78 is 12.8. The van der Waals surface area contributed by atoms with Crippen LogP contribution in [0.4, 0.5) is 0 Å². The molecule has 1 fully saturated rings. The van der Waals surface area contributed by atoms with E-state index in [4.69, 9.17) is 15.2 Å². The van der Waals surface area contributed by atoms with Crippen molar-refractivity contribution < 1.29 is 19.1 Å². The monoisotopic (exact) mass is 433 g/mol. The van der Waals surface area contributed by atoms with Gasteiger partial charge in [-0.1, -0.05) is 37.1 Å². The summed E-state index contributed by atoms with van der Waals surface area (Å²) in [5, 5.41) is 0.766. The molecule has 2 heterocycles. The number of aromatic nitrogens is 1. The second kappa shape index (κ2) is 7.89. The van der Waals surface area contributed by atoms with Gasteiger partial charge >= 0.3 is 0 Å². The highest BCUT2D eigenvalue weighted by atomic mass is 16.7. The lowest BCUT2D eigenvalue weighted by atomic mass is 9.96. The second-order valence-corrected chi connectivity index (χ2v) is 8.92. The molecule has 0 bridgehead atoms. The minimum absolute atomic E-state index is 0.0174. The number of carbonyl (C=O) groups is 2. The minimum Gasteiger partial charge on any atom is -0.454 e. The SMILES string of the molecule is CC1(N(Cc2ccc3c(c2)OCO3)C(=O)Cn2cc(C(N)=O)c3ccccc32)CCCC1. The van der Waals surface area contributed by atoms with Crippen LogP contribution in [0.3, 0.4) is 0 Å². The molecule has 1 aliphatic heterocycles. The van der Waals surface area contributed by atoms with Gasteiger partial charge in [-0.25, -0.2) is 0 Å². The first-order valence-electron chi connectivity index (χ1n) is 11.0. The quantitative estimate of drug-likeness (QED) is 0.640. The number of carbonyl (C=O) groups excluding carboxylic acids is 2. The molecule has 1 saturated carbocycles. The maximum absolute atomic E-state index is 13.7. The van der Waals surface area contributed by atoms with E-state index < -0.39 is 5.91 Å². The van der Waals surface area contributed by atoms with Crippen molar-refractivity contribution in [3.8, 4) is 11.5 Å². The number of fused-ring (bicyclic) bond motifs is 2. The number of amides is 2. The molecule has 0 radical (unpaired) electrons. The van der Waals surface area contributed by atoms with Crippen LogP contribution in [-0.2, 0) is 17.9 Å². The van der Waals surface area contributed by atoms with Crippen LogP contribution in [0.25, 0.3) is 10.9 Å². The lowest BCUT2D eigenvalue weighted by Crippen LogP contribution is -2.48. The molecule has 166 valence electrons. The van der Waals surface area contributed by atoms with Gasteiger partial charge in [-0.15, -0.1) is 0 Å². The summed E-state index contributed by atoms with van der Waals surface area (Å²) >= 11 is 0. The van der Waals surface area contributed by atoms with E-state index in [9.17, 15) is 9.59 Å². The van der Waals surface area contributed by atoms with Crippen molar-refractivity contribution in [2.24, 2.45) is 5.73 Å². The molecule has 0 saturated heterocycles. The molecule has 2 N–H and O–H groups in total. The molecule has 0 spiro atoms. The Morgan fingerprint density at radius 1 is 1.09 bits per heavy atom. The molecule has 0 atom stereocenters. The molecule has 2 amide bonds. The van der Waals surface area contributed by atoms with E-state index in [1.807, 2.05) is 51.9 Å². The van der Waals surface area contributed by atoms with Crippen molar-refractivity contribution in [2.45, 2.75) is 51.2 Å². The van der Waals surface area contributed by atoms with E-state index in [-0.39, 0.29) is 24.8 Å². The number of hydrogen-bond donors (Lipinski definition) is 1. The van der Waals surface area contributed by atoms with Gasteiger partial charge in [-0.2, -0.15) is 0 Å². The van der Waals surface area contributed by atoms with E-state index in [0.717, 1.165) is 47.9 Å². The van der Waals surface area contributed by atoms with Crippen LogP contribution in [-0.4, -0.2) is 33.6 Å². The zero-order chi connectivity index (χ0) is 22.3. The van der Waals surface area contributed by atoms with Crippen LogP contribution < -0.4 is 15.2 Å². The first-order valence-corrected chi connectivity index (χ1v) is 11.0. The second-order valence-electron chi connectivity index (χ2n) is 8.92. The third-order valence-electron chi connectivity index (χ3n) is 6.77. The molecule has 7 nitrogen and oxygen atoms in total. The smallest absolute Gasteiger partial charge is 0.250 e. The number of nitrogens with zero attached hydrogens (tertiary/aromatic N) is 2. The Labute approximate surface area is 186 Å². The Morgan fingerprint density at radius 3 is 2.62 bits per heavy atom. The summed E-state index contributed by atoms with van der Waals surface area (Å²) in [4.78, 5) is 27.6. The van der Waals surface area contributed by atoms with Crippen LogP contribution in [0.1, 0.15) is 48.5 Å². The molecule has 2 aliphatic rings. The van der Waals surface area contributed by atoms with Gasteiger partial charge in [0.25, 0.3) is 5.91 Å². The van der Waals surface area contributed by atoms with Gasteiger partial charge in [-0.3, -0.25) is 9.59 Å². The third kappa shape index (κ3) is 3.57. The van der Waals surface area contributed by atoms with Crippen LogP contribution in [0.2, 0.25) is 0 Å². The van der Waals surface area contributed by atoms with E-state index >= 15 is 0 Å². The normalized spacial score (nSPS) is 16.4. The standard InChI is InChI=1S/C25H27N3O4/c1-25(10-4-5-11-25)28(13-17-8-9-21-22(12-17)32-16-31-21)23(29)15-27-14-19(24(26)30)18-6-2-3-7-20(18)27/h2-3,6-9,12,14H,4-5,10-11,13,15-16H2,1H3,(H2,26,30). The Bertz CT molecular complexity index is 1190. The minimum atomic E-state index is -0.493. The maximum Gasteiger partial charge on any atom is 0.250 e. The molecule has 32 heavy (non-hydrogen) atoms. The maximum atomic E-state index is 13.7. The summed E-state index contributed by atoms with van der Waals surface area (Å²) in [5.74, 6) is 0.974. The van der Waals surface area contributed by atoms with Gasteiger partial charge < -0.3 is 24.7 Å². The molecule has 2 aromatic carbocycles. The molecular formula is C25H27N3O4. The van der Waals surface area contributed by atoms with Crippen molar-refractivity contribution >= 4 is 22.7 Å². The van der Waals surface area contributed by atoms with Crippen molar-refractivity contribution in [3.63, 3.8) is 0 Å². The summed E-state index contributed by atoms with van der Waals surface area (Å²) in [5.41, 5.74) is 7.64. The number of para-hydroxylation sites is 1. The summed E-state index contributed by atoms with van der Waals surface area (Å²) in [6.07, 6.45) is 5.87. The van der Waals surface area contributed by atoms with Crippen molar-refractivity contribution in [1.82, 2.24) is 9.47 Å². The van der Waals surface area contributed by atoms with Crippen LogP contribution >= 0.6 is 0 Å². The Morgan fingerprint density at radius 2 is 1.84 bits per heavy atom. The van der Waals surface area contributed by atoms with E-state index in [2.05, 4.69) is 6.92 Å². The van der Waals surface area contributed by atoms with E-state index in [0.29, 0.717) is 17.9 Å². The fourth-order valence-corrected chi connectivity index (χ4v) is 5.01. The van der Waals surface area contributed by atoms with Gasteiger partial charge in [0, 0.05) is 29.2 Å². The van der Waals surface area contributed by atoms with Crippen molar-refractivity contribution in [3.05, 3.63) is 59.8 Å². The summed E-state index contributed by atoms with van der Waals surface area (Å²) in [6.45, 7) is 3.04. The fourth-order valence-electron chi connectivity index (χ4n) is 5.01. The Kier molecular flexibility index (Phi) is 5.04. The first-order chi connectivity index (χ1) is 15.4. The Hall–Kier alpha value is -3.48. The topological polar surface area (TPSA) is 86.8 Å². The highest BCUT2D eigenvalue weighted by Gasteiger charge is 2.38. The molecular weight excluding hydrogens is 406 g/mol. The highest BCUT2D eigenvalue weighted by Crippen LogP contribution is 2.38. The number of nitrogens with two attached hydrogens (primary N) is 1. The largest absolute Gasteiger partial charge is 0.454 e. The lowest BCUT2D eigenvalue weighted by Gasteiger charge is -2.39. The predicted molar refractivity (Wildman–Crippen MR) is 120 cm³/mol. The average molecular weight is 434 g/mol. The van der Waals surface area contributed by atoms with E-state index in [1.54, 1.807) is 6.20 Å². The van der Waals surface area contributed by atoms with Crippen molar-refractivity contribution in [1.29, 1.82) is 0 Å². The Balaban J connectivity index is 1.46. The van der Waals surface area contributed by atoms with Crippen molar-refractivity contribution in [2.75, 3.05) is 6.79 Å². The average Bonchev–Trinajstić information content (AvgIpc) is 3.51. The highest BCUT2D eigenvalue weighted by molar-refractivity contribution is 6.06. The van der Waals surface area contributed by atoms with Gasteiger partial charge in [0.05, 0.1) is 5.56 Å². The van der Waals surface area contributed by atoms with Crippen LogP contribution in [0, 0.1) is 0 Å². The number of rotatable bonds is 6. The van der Waals surface area contributed by atoms with Gasteiger partial charge in [0.15, 0.2) is 11.5 Å². The van der Waals surface area contributed by atoms with Gasteiger partial charge in [0.2, 0.25) is 12.7 Å². The lowest BCUT2D eigenvalue weighted by molar-refractivity contribution is -0.138. The zero-order valence-electron chi connectivity index (χ0n) is 18.2. The molecule has 1 aromatic heterocycles. The van der Waals surface area contributed by atoms with E-state index in [1.165, 1.54) is 0 Å². The van der Waals surface area contributed by atoms with Gasteiger partial charge in [0.1, 0.15) is 6.54 Å². The molecule has 5 rings (SSSR count). The number of benzene rings is 2. The third-order valence-corrected chi connectivity index (χ3v) is 6.77. The number of primary amides is 1. The molecule has 0 unspecified atom stereocenters. The van der Waals surface area contributed by atoms with Gasteiger partial charge in [-0.05, 0) is 43.5 Å². The predicted octanol–water partition coefficient (Wildman–Crippen LogP) is 3.83. The number of ether oxygens (including phenoxy) is 2. The van der Waals surface area contributed by atoms with Crippen LogP contribution in [0.5, 0.6) is 11.5 Å². The van der Waals surface area contributed by atoms with Crippen LogP contribution in [0.15, 0.2) is 48.7 Å². The number of hydrogen-bond acceptors (Lipinski definition) is 4. The molecule has 3 aromatic rings. The summed E-state index contributed by atoms with van der Waals surface area (Å²) in [7, 11) is 0. The molecule has 1 aliphatic carbocycles. The zero-order valence-corrected chi connectivity index (χ0v) is 18.2. The molecule has 7 heteroatoms. The fraction of sp³-hybridized carbons (Fsp3) is 0.360. The first kappa shape index (κ1) is 20.4. The summed E-state index contributed by atoms with van der Waals surface area (Å²) in [6, 6.07) is 13.4.